The molecule has 0 bridgehead atoms. The van der Waals surface area contributed by atoms with Crippen LogP contribution in [0.2, 0.25) is 0 Å². The molecule has 16 heteroatoms. The van der Waals surface area contributed by atoms with Gasteiger partial charge in [0, 0.05) is 93.3 Å². The number of aromatic nitrogens is 3. The Balaban J connectivity index is 0.965. The molecule has 7 rings (SSSR count). The number of thiophene rings is 1. The van der Waals surface area contributed by atoms with Crippen LogP contribution in [0.4, 0.5) is 19.0 Å². The number of aryl methyl sites for hydroxylation is 1. The monoisotopic (exact) mass is 729 g/mol. The largest absolute Gasteiger partial charge is 0.393 e. The average molecular weight is 730 g/mol. The highest BCUT2D eigenvalue weighted by Crippen LogP contribution is 2.34. The Morgan fingerprint density at radius 2 is 1.74 bits per heavy atom. The van der Waals surface area contributed by atoms with E-state index in [2.05, 4.69) is 61.7 Å². The number of anilines is 1. The number of benzene rings is 1. The van der Waals surface area contributed by atoms with E-state index in [1.165, 1.54) is 11.9 Å². The number of halogens is 3. The average Bonchev–Trinajstić information content (AvgIpc) is 3.62. The zero-order chi connectivity index (χ0) is 35.2. The van der Waals surface area contributed by atoms with Gasteiger partial charge in [0.1, 0.15) is 28.7 Å². The van der Waals surface area contributed by atoms with Gasteiger partial charge < -0.3 is 9.88 Å². The molecule has 268 valence electrons. The fourth-order valence-corrected chi connectivity index (χ4v) is 10.1. The molecule has 3 aliphatic heterocycles. The van der Waals surface area contributed by atoms with Gasteiger partial charge in [0.05, 0.1) is 11.8 Å². The van der Waals surface area contributed by atoms with Crippen molar-refractivity contribution in [1.29, 1.82) is 5.26 Å². The van der Waals surface area contributed by atoms with Crippen LogP contribution in [0.1, 0.15) is 47.9 Å². The topological polar surface area (TPSA) is 114 Å². The van der Waals surface area contributed by atoms with Gasteiger partial charge in [0.2, 0.25) is 0 Å². The Morgan fingerprint density at radius 1 is 1.02 bits per heavy atom. The summed E-state index contributed by atoms with van der Waals surface area (Å²) in [6.45, 7) is 10.9. The van der Waals surface area contributed by atoms with E-state index in [9.17, 15) is 26.9 Å². The first-order chi connectivity index (χ1) is 23.9. The molecule has 3 fully saturated rings. The van der Waals surface area contributed by atoms with Crippen molar-refractivity contribution in [3.05, 3.63) is 52.3 Å². The minimum Gasteiger partial charge on any atom is -0.367 e. The van der Waals surface area contributed by atoms with E-state index >= 15 is 0 Å². The molecule has 0 radical (unpaired) electrons. The molecule has 1 unspecified atom stereocenters. The van der Waals surface area contributed by atoms with Gasteiger partial charge in [-0.15, -0.1) is 11.3 Å². The Kier molecular flexibility index (Phi) is 9.83. The lowest BCUT2D eigenvalue weighted by Gasteiger charge is -2.41. The minimum absolute atomic E-state index is 0.126. The van der Waals surface area contributed by atoms with Crippen LogP contribution in [0.25, 0.3) is 21.1 Å². The van der Waals surface area contributed by atoms with Crippen LogP contribution >= 0.6 is 11.3 Å². The third-order valence-electron chi connectivity index (χ3n) is 10.5. The van der Waals surface area contributed by atoms with Crippen LogP contribution in [-0.2, 0) is 29.7 Å². The van der Waals surface area contributed by atoms with Gasteiger partial charge >= 0.3 is 6.18 Å². The van der Waals surface area contributed by atoms with Crippen molar-refractivity contribution in [2.24, 2.45) is 0 Å². The SMILES string of the molecule is Cc1c(CN2CCC(Nc3ncnc4sc(CC(F)(F)F)cc34)CC2)ccc2c1cc(C#N)n2CC(C)N1CCN(S(=O)(=O)N2CCC2)CC1. The number of nitrogens with one attached hydrogen (secondary N) is 1. The molecule has 0 aliphatic carbocycles. The van der Waals surface area contributed by atoms with Crippen molar-refractivity contribution >= 4 is 48.5 Å². The predicted molar refractivity (Wildman–Crippen MR) is 188 cm³/mol. The van der Waals surface area contributed by atoms with E-state index in [1.54, 1.807) is 14.7 Å². The van der Waals surface area contributed by atoms with Crippen molar-refractivity contribution in [3.8, 4) is 6.07 Å². The molecule has 3 aromatic heterocycles. The van der Waals surface area contributed by atoms with Gasteiger partial charge in [0.25, 0.3) is 10.2 Å². The van der Waals surface area contributed by atoms with Crippen LogP contribution in [0.15, 0.2) is 30.6 Å². The zero-order valence-corrected chi connectivity index (χ0v) is 29.9. The number of fused-ring (bicyclic) bond motifs is 2. The van der Waals surface area contributed by atoms with Gasteiger partial charge in [-0.05, 0) is 62.4 Å². The standard InChI is InChI=1S/C34H42F3N9O2S2/c1-23(43-12-14-45(15-13-43)50(47,48)44-8-3-9-44)20-46-27(19-38)16-29-24(2)25(4-5-31(29)46)21-42-10-6-26(7-11-42)41-32-30-17-28(18-34(35,36)37)49-33(30)40-22-39-32/h4-5,16-17,22-23,26H,3,6-15,18,20-21H2,1-2H3,(H,39,40,41). The van der Waals surface area contributed by atoms with Crippen molar-refractivity contribution in [2.75, 3.05) is 57.7 Å². The summed E-state index contributed by atoms with van der Waals surface area (Å²) >= 11 is 1.06. The highest BCUT2D eigenvalue weighted by molar-refractivity contribution is 7.86. The summed E-state index contributed by atoms with van der Waals surface area (Å²) in [6.07, 6.45) is -1.16. The molecule has 1 aromatic carbocycles. The van der Waals surface area contributed by atoms with Crippen LogP contribution in [0.5, 0.6) is 0 Å². The molecule has 3 saturated heterocycles. The fourth-order valence-electron chi connectivity index (χ4n) is 7.39. The summed E-state index contributed by atoms with van der Waals surface area (Å²) in [7, 11) is -3.36. The molecule has 1 N–H and O–H groups in total. The molecule has 50 heavy (non-hydrogen) atoms. The number of likely N-dealkylation sites (tertiary alicyclic amines) is 1. The van der Waals surface area contributed by atoms with Crippen LogP contribution in [-0.4, -0.2) is 112 Å². The van der Waals surface area contributed by atoms with Crippen molar-refractivity contribution in [1.82, 2.24) is 32.9 Å². The number of rotatable bonds is 10. The van der Waals surface area contributed by atoms with Crippen molar-refractivity contribution in [3.63, 3.8) is 0 Å². The third kappa shape index (κ3) is 7.21. The molecule has 6 heterocycles. The Morgan fingerprint density at radius 3 is 2.40 bits per heavy atom. The summed E-state index contributed by atoms with van der Waals surface area (Å²) in [4.78, 5) is 14.1. The lowest BCUT2D eigenvalue weighted by Crippen LogP contribution is -2.57. The fraction of sp³-hybridized carbons (Fsp3) is 0.559. The van der Waals surface area contributed by atoms with Crippen LogP contribution in [0, 0.1) is 18.3 Å². The van der Waals surface area contributed by atoms with E-state index in [4.69, 9.17) is 0 Å². The lowest BCUT2D eigenvalue weighted by atomic mass is 10.0. The third-order valence-corrected chi connectivity index (χ3v) is 13.5. The maximum atomic E-state index is 13.0. The first-order valence-corrected chi connectivity index (χ1v) is 19.4. The molecular formula is C34H42F3N9O2S2. The van der Waals surface area contributed by atoms with Gasteiger partial charge in [-0.25, -0.2) is 9.97 Å². The molecule has 0 spiro atoms. The first-order valence-electron chi connectivity index (χ1n) is 17.2. The second-order valence-corrected chi connectivity index (χ2v) is 16.8. The zero-order valence-electron chi connectivity index (χ0n) is 28.3. The van der Waals surface area contributed by atoms with E-state index in [-0.39, 0.29) is 17.0 Å². The summed E-state index contributed by atoms with van der Waals surface area (Å²) < 4.78 is 69.8. The summed E-state index contributed by atoms with van der Waals surface area (Å²) in [6, 6.07) is 10.5. The van der Waals surface area contributed by atoms with E-state index < -0.39 is 22.8 Å². The lowest BCUT2D eigenvalue weighted by molar-refractivity contribution is -0.126. The summed E-state index contributed by atoms with van der Waals surface area (Å²) in [5, 5.41) is 15.3. The number of piperidine rings is 1. The molecule has 0 amide bonds. The smallest absolute Gasteiger partial charge is 0.367 e. The Labute approximate surface area is 294 Å². The van der Waals surface area contributed by atoms with Crippen LogP contribution in [0.3, 0.4) is 0 Å². The molecule has 0 saturated carbocycles. The second kappa shape index (κ2) is 14.0. The summed E-state index contributed by atoms with van der Waals surface area (Å²) in [5.41, 5.74) is 4.02. The van der Waals surface area contributed by atoms with Crippen molar-refractivity contribution < 1.29 is 21.6 Å². The minimum atomic E-state index is -4.27. The highest BCUT2D eigenvalue weighted by atomic mass is 32.2. The molecule has 4 aromatic rings. The highest BCUT2D eigenvalue weighted by Gasteiger charge is 2.36. The Bertz CT molecular complexity index is 2000. The van der Waals surface area contributed by atoms with E-state index in [0.29, 0.717) is 67.5 Å². The molecular weight excluding hydrogens is 688 g/mol. The van der Waals surface area contributed by atoms with Crippen molar-refractivity contribution in [2.45, 2.75) is 70.9 Å². The number of nitriles is 1. The molecule has 3 aliphatic rings. The quantitative estimate of drug-likeness (QED) is 0.244. The maximum absolute atomic E-state index is 13.0. The van der Waals surface area contributed by atoms with E-state index in [0.717, 1.165) is 66.7 Å². The number of hydrogen-bond donors (Lipinski definition) is 1. The van der Waals surface area contributed by atoms with Crippen LogP contribution < -0.4 is 5.32 Å². The van der Waals surface area contributed by atoms with Gasteiger partial charge in [0.15, 0.2) is 0 Å². The maximum Gasteiger partial charge on any atom is 0.393 e. The predicted octanol–water partition coefficient (Wildman–Crippen LogP) is 4.96. The number of piperazine rings is 1. The van der Waals surface area contributed by atoms with E-state index in [1.807, 2.05) is 6.07 Å². The summed E-state index contributed by atoms with van der Waals surface area (Å²) in [5.74, 6) is 0.587. The second-order valence-electron chi connectivity index (χ2n) is 13.7. The van der Waals surface area contributed by atoms with Gasteiger partial charge in [-0.2, -0.15) is 35.5 Å². The number of hydrogen-bond acceptors (Lipinski definition) is 9. The van der Waals surface area contributed by atoms with Gasteiger partial charge in [-0.1, -0.05) is 6.07 Å². The number of alkyl halides is 3. The first kappa shape index (κ1) is 35.1. The Hall–Kier alpha value is -3.33. The molecule has 1 atom stereocenters. The normalized spacial score (nSPS) is 19.9. The van der Waals surface area contributed by atoms with Gasteiger partial charge in [-0.3, -0.25) is 9.80 Å². The number of nitrogens with zero attached hydrogens (tertiary/aromatic N) is 8. The molecule has 11 nitrogen and oxygen atoms in total.